The van der Waals surface area contributed by atoms with Gasteiger partial charge in [-0.3, -0.25) is 4.99 Å². The Morgan fingerprint density at radius 3 is 2.69 bits per heavy atom. The van der Waals surface area contributed by atoms with E-state index in [1.54, 1.807) is 0 Å². The lowest BCUT2D eigenvalue weighted by Crippen LogP contribution is -2.39. The van der Waals surface area contributed by atoms with Crippen LogP contribution in [0.15, 0.2) is 68.9 Å². The van der Waals surface area contributed by atoms with Crippen LogP contribution in [0.5, 0.6) is 0 Å². The number of aromatic nitrogens is 1. The first-order valence-electron chi connectivity index (χ1n) is 13.5. The van der Waals surface area contributed by atoms with Crippen molar-refractivity contribution in [3.8, 4) is 0 Å². The Morgan fingerprint density at radius 2 is 2.00 bits per heavy atom. The molecular formula is C31H43N3O2. The molecule has 4 heterocycles. The molecule has 0 saturated carbocycles. The van der Waals surface area contributed by atoms with Gasteiger partial charge in [-0.1, -0.05) is 55.5 Å². The third kappa shape index (κ3) is 5.67. The van der Waals surface area contributed by atoms with E-state index < -0.39 is 0 Å². The number of ether oxygens (including phenoxy) is 1. The standard InChI is InChI=1S/C31H43N3O2/c1-8-25(11-10-21(2)3)27-19-34(20-31(7)14-9-16-35-17-15-31)28-13-12-26(22(4)18-32-30(27)28)29-23(5)33-36-24(29)6/h10-13,19,26,28H,4,8-9,14-18,20H2,1-3,5-7H3/b13-12+,25-11+,32-30?. The first-order valence-corrected chi connectivity index (χ1v) is 13.5. The molecule has 1 aromatic heterocycles. The van der Waals surface area contributed by atoms with E-state index in [0.717, 1.165) is 67.3 Å². The van der Waals surface area contributed by atoms with Gasteiger partial charge in [0.25, 0.3) is 0 Å². The minimum absolute atomic E-state index is 0.0566. The lowest BCUT2D eigenvalue weighted by Gasteiger charge is -2.35. The van der Waals surface area contributed by atoms with E-state index in [1.807, 2.05) is 13.8 Å². The Morgan fingerprint density at radius 1 is 1.19 bits per heavy atom. The van der Waals surface area contributed by atoms with Gasteiger partial charge in [0.1, 0.15) is 5.76 Å². The maximum atomic E-state index is 5.81. The number of nitrogens with zero attached hydrogens (tertiary/aromatic N) is 3. The Balaban J connectivity index is 1.74. The van der Waals surface area contributed by atoms with Crippen molar-refractivity contribution in [3.63, 3.8) is 0 Å². The van der Waals surface area contributed by atoms with Gasteiger partial charge >= 0.3 is 0 Å². The summed E-state index contributed by atoms with van der Waals surface area (Å²) in [4.78, 5) is 7.75. The van der Waals surface area contributed by atoms with Crippen LogP contribution in [0, 0.1) is 19.3 Å². The minimum Gasteiger partial charge on any atom is -0.381 e. The molecule has 0 aliphatic carbocycles. The second kappa shape index (κ2) is 11.2. The van der Waals surface area contributed by atoms with Gasteiger partial charge in [-0.15, -0.1) is 0 Å². The highest BCUT2D eigenvalue weighted by Crippen LogP contribution is 2.38. The molecule has 1 aromatic rings. The zero-order valence-electron chi connectivity index (χ0n) is 23.1. The molecule has 3 aliphatic heterocycles. The highest BCUT2D eigenvalue weighted by molar-refractivity contribution is 6.10. The molecule has 0 radical (unpaired) electrons. The number of allylic oxidation sites excluding steroid dienone is 5. The molecule has 3 aliphatic rings. The Bertz CT molecular complexity index is 1100. The second-order valence-electron chi connectivity index (χ2n) is 11.2. The maximum Gasteiger partial charge on any atom is 0.138 e. The zero-order chi connectivity index (χ0) is 25.9. The van der Waals surface area contributed by atoms with Crippen LogP contribution < -0.4 is 0 Å². The Hall–Kier alpha value is -2.66. The van der Waals surface area contributed by atoms with Crippen LogP contribution in [0.4, 0.5) is 0 Å². The minimum atomic E-state index is 0.0566. The normalized spacial score (nSPS) is 28.0. The summed E-state index contributed by atoms with van der Waals surface area (Å²) in [6.45, 7) is 20.7. The number of fused-ring (bicyclic) bond motifs is 1. The molecule has 5 nitrogen and oxygen atoms in total. The lowest BCUT2D eigenvalue weighted by atomic mass is 9.82. The summed E-state index contributed by atoms with van der Waals surface area (Å²) in [5.41, 5.74) is 8.40. The molecule has 194 valence electrons. The second-order valence-corrected chi connectivity index (χ2v) is 11.2. The third-order valence-corrected chi connectivity index (χ3v) is 7.81. The van der Waals surface area contributed by atoms with E-state index in [0.29, 0.717) is 6.54 Å². The number of aryl methyl sites for hydroxylation is 2. The average Bonchev–Trinajstić information content (AvgIpc) is 3.22. The fourth-order valence-electron chi connectivity index (χ4n) is 5.68. The van der Waals surface area contributed by atoms with Crippen molar-refractivity contribution in [3.05, 3.63) is 76.4 Å². The third-order valence-electron chi connectivity index (χ3n) is 7.81. The van der Waals surface area contributed by atoms with Crippen LogP contribution in [0.1, 0.15) is 76.3 Å². The largest absolute Gasteiger partial charge is 0.381 e. The number of aliphatic imine (C=N–C) groups is 1. The van der Waals surface area contributed by atoms with Gasteiger partial charge in [-0.05, 0) is 69.9 Å². The smallest absolute Gasteiger partial charge is 0.138 e. The van der Waals surface area contributed by atoms with Crippen LogP contribution in [0.2, 0.25) is 0 Å². The van der Waals surface area contributed by atoms with E-state index >= 15 is 0 Å². The van der Waals surface area contributed by atoms with E-state index in [2.05, 4.69) is 74.8 Å². The van der Waals surface area contributed by atoms with E-state index in [-0.39, 0.29) is 17.4 Å². The van der Waals surface area contributed by atoms with Gasteiger partial charge in [-0.2, -0.15) is 0 Å². The van der Waals surface area contributed by atoms with Gasteiger partial charge in [0.2, 0.25) is 0 Å². The molecule has 0 amide bonds. The topological polar surface area (TPSA) is 50.9 Å². The quantitative estimate of drug-likeness (QED) is 0.318. The molecule has 0 bridgehead atoms. The Labute approximate surface area is 217 Å². The summed E-state index contributed by atoms with van der Waals surface area (Å²) in [6, 6.07) is 0.110. The van der Waals surface area contributed by atoms with Gasteiger partial charge < -0.3 is 14.2 Å². The summed E-state index contributed by atoms with van der Waals surface area (Å²) >= 11 is 0. The predicted molar refractivity (Wildman–Crippen MR) is 148 cm³/mol. The van der Waals surface area contributed by atoms with Gasteiger partial charge in [-0.25, -0.2) is 0 Å². The molecule has 1 fully saturated rings. The van der Waals surface area contributed by atoms with E-state index in [4.69, 9.17) is 14.3 Å². The van der Waals surface area contributed by atoms with Crippen molar-refractivity contribution in [1.29, 1.82) is 0 Å². The molecule has 36 heavy (non-hydrogen) atoms. The van der Waals surface area contributed by atoms with E-state index in [1.165, 1.54) is 23.1 Å². The number of hydrogen-bond acceptors (Lipinski definition) is 5. The number of hydrogen-bond donors (Lipinski definition) is 0. The molecule has 5 heteroatoms. The first-order chi connectivity index (χ1) is 17.2. The highest BCUT2D eigenvalue weighted by atomic mass is 16.5. The van der Waals surface area contributed by atoms with Gasteiger partial charge in [0.15, 0.2) is 0 Å². The molecule has 0 aromatic carbocycles. The van der Waals surface area contributed by atoms with E-state index in [9.17, 15) is 0 Å². The number of rotatable bonds is 6. The van der Waals surface area contributed by atoms with Crippen LogP contribution in [0.25, 0.3) is 0 Å². The fraction of sp³-hybridized carbons (Fsp3) is 0.548. The summed E-state index contributed by atoms with van der Waals surface area (Å²) in [7, 11) is 0. The molecule has 0 N–H and O–H groups in total. The molecule has 3 unspecified atom stereocenters. The van der Waals surface area contributed by atoms with Crippen molar-refractivity contribution in [2.45, 2.75) is 79.2 Å². The van der Waals surface area contributed by atoms with Crippen LogP contribution in [0.3, 0.4) is 0 Å². The molecule has 3 atom stereocenters. The SMILES string of the molecule is C=C1CN=C2C(/C(=C/C=C(C)C)CC)=CN(CC3(C)CCCOCC3)C2/C=C/C1c1c(C)noc1C. The van der Waals surface area contributed by atoms with Gasteiger partial charge in [0.05, 0.1) is 24.0 Å². The van der Waals surface area contributed by atoms with Crippen molar-refractivity contribution < 1.29 is 9.26 Å². The lowest BCUT2D eigenvalue weighted by molar-refractivity contribution is 0.125. The van der Waals surface area contributed by atoms with Crippen LogP contribution in [-0.4, -0.2) is 48.1 Å². The zero-order valence-corrected chi connectivity index (χ0v) is 23.1. The van der Waals surface area contributed by atoms with Crippen molar-refractivity contribution in [2.75, 3.05) is 26.3 Å². The summed E-state index contributed by atoms with van der Waals surface area (Å²) in [6.07, 6.45) is 15.9. The van der Waals surface area contributed by atoms with Crippen molar-refractivity contribution in [2.24, 2.45) is 10.4 Å². The molecular weight excluding hydrogens is 446 g/mol. The molecule has 1 saturated heterocycles. The van der Waals surface area contributed by atoms with Crippen molar-refractivity contribution >= 4 is 5.71 Å². The monoisotopic (exact) mass is 489 g/mol. The maximum absolute atomic E-state index is 5.81. The van der Waals surface area contributed by atoms with Crippen molar-refractivity contribution in [1.82, 2.24) is 10.1 Å². The average molecular weight is 490 g/mol. The predicted octanol–water partition coefficient (Wildman–Crippen LogP) is 7.02. The van der Waals surface area contributed by atoms with Crippen LogP contribution in [-0.2, 0) is 4.74 Å². The molecule has 4 rings (SSSR count). The Kier molecular flexibility index (Phi) is 8.19. The summed E-state index contributed by atoms with van der Waals surface area (Å²) in [5.74, 6) is 0.917. The summed E-state index contributed by atoms with van der Waals surface area (Å²) < 4.78 is 11.3. The molecule has 0 spiro atoms. The summed E-state index contributed by atoms with van der Waals surface area (Å²) in [5, 5.41) is 4.21. The fourth-order valence-corrected chi connectivity index (χ4v) is 5.68. The van der Waals surface area contributed by atoms with Crippen LogP contribution >= 0.6 is 0 Å². The first kappa shape index (κ1) is 26.4. The highest BCUT2D eigenvalue weighted by Gasteiger charge is 2.37. The van der Waals surface area contributed by atoms with Gasteiger partial charge in [0, 0.05) is 43.0 Å².